The predicted octanol–water partition coefficient (Wildman–Crippen LogP) is 6.06. The molecule has 1 atom stereocenters. The molecule has 0 fully saturated rings. The standard InChI is InChI=1S/C36H42N4O7S/c1-34(2,3)46-32(41)24-40(33(42)47-35(4,5)6)30-15-11-14-29(39-30)36(37,48(43,44)31-16-8-9-21-38-31)23-25-17-19-26(20-18-25)27-12-10-13-28(22-27)45-7/h8-22H,23-24,37H2,1-7H3. The number of esters is 1. The fourth-order valence-electron chi connectivity index (χ4n) is 4.81. The highest BCUT2D eigenvalue weighted by Gasteiger charge is 2.45. The van der Waals surface area contributed by atoms with Gasteiger partial charge in [0.15, 0.2) is 9.90 Å². The van der Waals surface area contributed by atoms with Crippen LogP contribution in [0, 0.1) is 0 Å². The van der Waals surface area contributed by atoms with E-state index in [1.807, 2.05) is 36.4 Å². The summed E-state index contributed by atoms with van der Waals surface area (Å²) in [4.78, 5) is 33.9. The maximum absolute atomic E-state index is 14.3. The SMILES string of the molecule is COc1cccc(-c2ccc(CC(N)(c3cccc(N(CC(=O)OC(C)(C)C)C(=O)OC(C)(C)C)n3)S(=O)(=O)c3ccccn3)cc2)c1. The van der Waals surface area contributed by atoms with Crippen LogP contribution in [0.3, 0.4) is 0 Å². The molecule has 11 nitrogen and oxygen atoms in total. The van der Waals surface area contributed by atoms with E-state index in [1.54, 1.807) is 72.9 Å². The molecule has 0 radical (unpaired) electrons. The second-order valence-electron chi connectivity index (χ2n) is 13.2. The molecule has 12 heteroatoms. The summed E-state index contributed by atoms with van der Waals surface area (Å²) in [5, 5.41) is -0.245. The Morgan fingerprint density at radius 2 is 1.48 bits per heavy atom. The maximum atomic E-state index is 14.3. The number of rotatable bonds is 10. The fourth-order valence-corrected chi connectivity index (χ4v) is 6.38. The maximum Gasteiger partial charge on any atom is 0.416 e. The first-order valence-corrected chi connectivity index (χ1v) is 16.8. The molecule has 4 rings (SSSR count). The van der Waals surface area contributed by atoms with Crippen molar-refractivity contribution >= 4 is 27.7 Å². The van der Waals surface area contributed by atoms with Crippen LogP contribution >= 0.6 is 0 Å². The molecule has 0 aliphatic heterocycles. The molecule has 2 aromatic heterocycles. The van der Waals surface area contributed by atoms with E-state index in [4.69, 9.17) is 19.9 Å². The van der Waals surface area contributed by atoms with Crippen LogP contribution in [0.5, 0.6) is 5.75 Å². The number of hydrogen-bond donors (Lipinski definition) is 1. The number of nitrogens with two attached hydrogens (primary N) is 1. The zero-order chi connectivity index (χ0) is 35.3. The lowest BCUT2D eigenvalue weighted by atomic mass is 9.99. The van der Waals surface area contributed by atoms with Gasteiger partial charge in [-0.15, -0.1) is 0 Å². The molecule has 0 bridgehead atoms. The van der Waals surface area contributed by atoms with Crippen LogP contribution in [-0.4, -0.2) is 55.3 Å². The molecule has 2 N–H and O–H groups in total. The van der Waals surface area contributed by atoms with Crippen molar-refractivity contribution in [2.24, 2.45) is 5.73 Å². The molecule has 0 saturated carbocycles. The molecular weight excluding hydrogens is 632 g/mol. The number of hydrogen-bond acceptors (Lipinski definition) is 10. The van der Waals surface area contributed by atoms with Crippen molar-refractivity contribution in [2.75, 3.05) is 18.6 Å². The van der Waals surface area contributed by atoms with Crippen LogP contribution in [0.1, 0.15) is 52.8 Å². The second-order valence-corrected chi connectivity index (χ2v) is 15.4. The molecule has 2 aromatic carbocycles. The molecule has 48 heavy (non-hydrogen) atoms. The summed E-state index contributed by atoms with van der Waals surface area (Å²) in [5.41, 5.74) is 7.57. The molecule has 0 aliphatic rings. The van der Waals surface area contributed by atoms with E-state index in [-0.39, 0.29) is 23.0 Å². The molecule has 1 amide bonds. The number of nitrogens with zero attached hydrogens (tertiary/aromatic N) is 3. The molecule has 2 heterocycles. The zero-order valence-electron chi connectivity index (χ0n) is 28.3. The van der Waals surface area contributed by atoms with Gasteiger partial charge in [0.25, 0.3) is 0 Å². The van der Waals surface area contributed by atoms with Gasteiger partial charge >= 0.3 is 12.1 Å². The van der Waals surface area contributed by atoms with E-state index in [0.29, 0.717) is 11.3 Å². The fraction of sp³-hybridized carbons (Fsp3) is 0.333. The summed E-state index contributed by atoms with van der Waals surface area (Å²) in [5.74, 6) is -0.0547. The first kappa shape index (κ1) is 36.0. The van der Waals surface area contributed by atoms with Crippen molar-refractivity contribution in [3.05, 3.63) is 102 Å². The van der Waals surface area contributed by atoms with Crippen LogP contribution in [0.25, 0.3) is 11.1 Å². The highest BCUT2D eigenvalue weighted by atomic mass is 32.2. The van der Waals surface area contributed by atoms with Gasteiger partial charge in [-0.2, -0.15) is 0 Å². The quantitative estimate of drug-likeness (QED) is 0.197. The van der Waals surface area contributed by atoms with E-state index in [9.17, 15) is 18.0 Å². The summed E-state index contributed by atoms with van der Waals surface area (Å²) in [7, 11) is -2.80. The van der Waals surface area contributed by atoms with E-state index >= 15 is 0 Å². The van der Waals surface area contributed by atoms with Crippen molar-refractivity contribution in [3.8, 4) is 16.9 Å². The normalized spacial score (nSPS) is 13.2. The number of carbonyl (C=O) groups excluding carboxylic acids is 2. The monoisotopic (exact) mass is 674 g/mol. The molecule has 0 spiro atoms. The van der Waals surface area contributed by atoms with Gasteiger partial charge in [-0.05, 0) is 94.6 Å². The van der Waals surface area contributed by atoms with Crippen molar-refractivity contribution < 1.29 is 32.2 Å². The third-order valence-electron chi connectivity index (χ3n) is 6.98. The van der Waals surface area contributed by atoms with Gasteiger partial charge in [0.2, 0.25) is 9.84 Å². The number of ether oxygens (including phenoxy) is 3. The van der Waals surface area contributed by atoms with Gasteiger partial charge in [-0.1, -0.05) is 48.5 Å². The third kappa shape index (κ3) is 8.75. The topological polar surface area (TPSA) is 151 Å². The van der Waals surface area contributed by atoms with Gasteiger partial charge in [0, 0.05) is 12.6 Å². The minimum absolute atomic E-state index is 0.0490. The van der Waals surface area contributed by atoms with Gasteiger partial charge in [-0.3, -0.25) is 9.69 Å². The van der Waals surface area contributed by atoms with Gasteiger partial charge in [-0.25, -0.2) is 23.2 Å². The van der Waals surface area contributed by atoms with Gasteiger partial charge in [0.05, 0.1) is 12.8 Å². The number of methoxy groups -OCH3 is 1. The van der Waals surface area contributed by atoms with Crippen LogP contribution in [0.2, 0.25) is 0 Å². The number of pyridine rings is 2. The molecule has 1 unspecified atom stereocenters. The second kappa shape index (κ2) is 14.1. The molecular formula is C36H42N4O7S. The lowest BCUT2D eigenvalue weighted by Crippen LogP contribution is -2.48. The third-order valence-corrected chi connectivity index (χ3v) is 9.09. The Morgan fingerprint density at radius 3 is 2.08 bits per heavy atom. The summed E-state index contributed by atoms with van der Waals surface area (Å²) in [6.45, 7) is 9.63. The molecule has 254 valence electrons. The number of sulfone groups is 1. The van der Waals surface area contributed by atoms with Gasteiger partial charge in [0.1, 0.15) is 29.3 Å². The highest BCUT2D eigenvalue weighted by Crippen LogP contribution is 2.35. The minimum Gasteiger partial charge on any atom is -0.497 e. The predicted molar refractivity (Wildman–Crippen MR) is 183 cm³/mol. The van der Waals surface area contributed by atoms with E-state index in [0.717, 1.165) is 16.0 Å². The summed E-state index contributed by atoms with van der Waals surface area (Å²) in [6.07, 6.45) is 0.297. The first-order valence-electron chi connectivity index (χ1n) is 15.3. The van der Waals surface area contributed by atoms with Crippen LogP contribution in [0.15, 0.2) is 96.2 Å². The van der Waals surface area contributed by atoms with Crippen molar-refractivity contribution in [3.63, 3.8) is 0 Å². The first-order chi connectivity index (χ1) is 22.4. The molecule has 4 aromatic rings. The number of amides is 1. The number of aromatic nitrogens is 2. The van der Waals surface area contributed by atoms with Crippen LogP contribution in [0.4, 0.5) is 10.6 Å². The minimum atomic E-state index is -4.40. The average molecular weight is 675 g/mol. The lowest BCUT2D eigenvalue weighted by Gasteiger charge is -2.31. The van der Waals surface area contributed by atoms with E-state index in [2.05, 4.69) is 9.97 Å². The average Bonchev–Trinajstić information content (AvgIpc) is 3.02. The van der Waals surface area contributed by atoms with Crippen molar-refractivity contribution in [2.45, 2.75) is 69.1 Å². The summed E-state index contributed by atoms with van der Waals surface area (Å²) >= 11 is 0. The Hall–Kier alpha value is -4.81. The number of benzene rings is 2. The Kier molecular flexibility index (Phi) is 10.6. The van der Waals surface area contributed by atoms with E-state index in [1.165, 1.54) is 30.5 Å². The van der Waals surface area contributed by atoms with Crippen LogP contribution in [-0.2, 0) is 35.4 Å². The Labute approximate surface area is 282 Å². The summed E-state index contributed by atoms with van der Waals surface area (Å²) in [6, 6.07) is 23.9. The van der Waals surface area contributed by atoms with Crippen molar-refractivity contribution in [1.29, 1.82) is 0 Å². The largest absolute Gasteiger partial charge is 0.497 e. The van der Waals surface area contributed by atoms with Crippen molar-refractivity contribution in [1.82, 2.24) is 9.97 Å². The summed E-state index contributed by atoms with van der Waals surface area (Å²) < 4.78 is 45.1. The molecule has 0 saturated heterocycles. The number of carbonyl (C=O) groups is 2. The zero-order valence-corrected chi connectivity index (χ0v) is 29.1. The lowest BCUT2D eigenvalue weighted by molar-refractivity contribution is -0.153. The smallest absolute Gasteiger partial charge is 0.416 e. The van der Waals surface area contributed by atoms with Crippen LogP contribution < -0.4 is 15.4 Å². The Bertz CT molecular complexity index is 1850. The Morgan fingerprint density at radius 1 is 0.812 bits per heavy atom. The van der Waals surface area contributed by atoms with E-state index < -0.39 is 44.5 Å². The Balaban J connectivity index is 1.80. The number of anilines is 1. The molecule has 0 aliphatic carbocycles. The van der Waals surface area contributed by atoms with Gasteiger partial charge < -0.3 is 19.9 Å². The highest BCUT2D eigenvalue weighted by molar-refractivity contribution is 7.92.